The van der Waals surface area contributed by atoms with Crippen molar-refractivity contribution in [1.29, 1.82) is 0 Å². The molecule has 1 aromatic carbocycles. The Hall–Kier alpha value is -1.42. The molecule has 17 heavy (non-hydrogen) atoms. The van der Waals surface area contributed by atoms with Crippen LogP contribution in [0.15, 0.2) is 18.2 Å². The molecule has 1 saturated heterocycles. The minimum absolute atomic E-state index is 0.0659. The monoisotopic (exact) mass is 238 g/mol. The van der Waals surface area contributed by atoms with Crippen LogP contribution in [0.5, 0.6) is 0 Å². The van der Waals surface area contributed by atoms with Crippen LogP contribution in [0.3, 0.4) is 0 Å². The second-order valence-corrected chi connectivity index (χ2v) is 4.45. The van der Waals surface area contributed by atoms with Crippen LogP contribution in [0.2, 0.25) is 0 Å². The second-order valence-electron chi connectivity index (χ2n) is 4.45. The third-order valence-electron chi connectivity index (χ3n) is 3.31. The van der Waals surface area contributed by atoms with Crippen molar-refractivity contribution in [2.45, 2.75) is 31.8 Å². The average Bonchev–Trinajstić information content (AvgIpc) is 2.21. The molecule has 0 aliphatic carbocycles. The molecule has 0 saturated carbocycles. The van der Waals surface area contributed by atoms with Crippen molar-refractivity contribution in [3.8, 4) is 0 Å². The van der Waals surface area contributed by atoms with Crippen LogP contribution in [0.4, 0.5) is 4.39 Å². The first kappa shape index (κ1) is 12.0. The molecule has 1 aliphatic rings. The molecule has 3 nitrogen and oxygen atoms in total. The van der Waals surface area contributed by atoms with Gasteiger partial charge in [0, 0.05) is 12.8 Å². The van der Waals surface area contributed by atoms with E-state index in [4.69, 9.17) is 9.84 Å². The van der Waals surface area contributed by atoms with Crippen LogP contribution in [-0.4, -0.2) is 17.7 Å². The molecule has 0 radical (unpaired) electrons. The summed E-state index contributed by atoms with van der Waals surface area (Å²) in [6.45, 7) is 2.33. The summed E-state index contributed by atoms with van der Waals surface area (Å²) in [7, 11) is 0. The summed E-state index contributed by atoms with van der Waals surface area (Å²) >= 11 is 0. The van der Waals surface area contributed by atoms with E-state index in [1.54, 1.807) is 19.1 Å². The van der Waals surface area contributed by atoms with E-state index in [0.717, 1.165) is 12.0 Å². The molecule has 4 heteroatoms. The first-order valence-electron chi connectivity index (χ1n) is 5.66. The second kappa shape index (κ2) is 4.45. The standard InChI is InChI=1S/C13H15FO3/c1-9-8-10(2-3-11(9)14)13(6-7-17-13)5-4-12(15)16/h2-3,8H,4-7H2,1H3,(H,15,16). The largest absolute Gasteiger partial charge is 0.481 e. The maximum Gasteiger partial charge on any atom is 0.303 e. The zero-order valence-corrected chi connectivity index (χ0v) is 9.70. The Kier molecular flexibility index (Phi) is 3.15. The Morgan fingerprint density at radius 2 is 2.29 bits per heavy atom. The Bertz CT molecular complexity index is 438. The third kappa shape index (κ3) is 2.31. The van der Waals surface area contributed by atoms with Crippen LogP contribution >= 0.6 is 0 Å². The Morgan fingerprint density at radius 3 is 2.76 bits per heavy atom. The lowest BCUT2D eigenvalue weighted by Crippen LogP contribution is -2.41. The number of carboxylic acid groups (broad SMARTS) is 1. The van der Waals surface area contributed by atoms with Gasteiger partial charge in [0.25, 0.3) is 0 Å². The topological polar surface area (TPSA) is 46.5 Å². The van der Waals surface area contributed by atoms with Gasteiger partial charge >= 0.3 is 5.97 Å². The fraction of sp³-hybridized carbons (Fsp3) is 0.462. The smallest absolute Gasteiger partial charge is 0.303 e. The van der Waals surface area contributed by atoms with Gasteiger partial charge in [0.05, 0.1) is 12.2 Å². The number of carbonyl (C=O) groups is 1. The van der Waals surface area contributed by atoms with Crippen LogP contribution in [-0.2, 0) is 15.1 Å². The van der Waals surface area contributed by atoms with Gasteiger partial charge in [0.15, 0.2) is 0 Å². The molecular formula is C13H15FO3. The lowest BCUT2D eigenvalue weighted by Gasteiger charge is -2.42. The highest BCUT2D eigenvalue weighted by molar-refractivity contribution is 5.66. The first-order valence-corrected chi connectivity index (χ1v) is 5.66. The summed E-state index contributed by atoms with van der Waals surface area (Å²) in [6.07, 6.45) is 1.30. The van der Waals surface area contributed by atoms with Gasteiger partial charge in [-0.2, -0.15) is 0 Å². The van der Waals surface area contributed by atoms with Crippen LogP contribution in [0.1, 0.15) is 30.4 Å². The first-order chi connectivity index (χ1) is 8.03. The van der Waals surface area contributed by atoms with E-state index in [-0.39, 0.29) is 12.2 Å². The molecule has 1 atom stereocenters. The SMILES string of the molecule is Cc1cc(C2(CCC(=O)O)CCO2)ccc1F. The van der Waals surface area contributed by atoms with Gasteiger partial charge < -0.3 is 9.84 Å². The molecular weight excluding hydrogens is 223 g/mol. The minimum atomic E-state index is -0.835. The minimum Gasteiger partial charge on any atom is -0.481 e. The number of rotatable bonds is 4. The number of halogens is 1. The molecule has 0 amide bonds. The zero-order chi connectivity index (χ0) is 12.5. The highest BCUT2D eigenvalue weighted by Gasteiger charge is 2.40. The molecule has 2 rings (SSSR count). The van der Waals surface area contributed by atoms with E-state index in [1.807, 2.05) is 0 Å². The van der Waals surface area contributed by atoms with Crippen LogP contribution in [0.25, 0.3) is 0 Å². The highest BCUT2D eigenvalue weighted by Crippen LogP contribution is 2.41. The van der Waals surface area contributed by atoms with E-state index < -0.39 is 11.6 Å². The molecule has 0 bridgehead atoms. The van der Waals surface area contributed by atoms with Gasteiger partial charge in [-0.3, -0.25) is 4.79 Å². The van der Waals surface area contributed by atoms with Crippen molar-refractivity contribution in [3.63, 3.8) is 0 Å². The van der Waals surface area contributed by atoms with Gasteiger partial charge in [0.1, 0.15) is 5.82 Å². The van der Waals surface area contributed by atoms with Gasteiger partial charge in [0.2, 0.25) is 0 Å². The van der Waals surface area contributed by atoms with Gasteiger partial charge in [-0.05, 0) is 30.5 Å². The fourth-order valence-electron chi connectivity index (χ4n) is 2.15. The lowest BCUT2D eigenvalue weighted by molar-refractivity contribution is -0.165. The molecule has 1 unspecified atom stereocenters. The van der Waals surface area contributed by atoms with Crippen LogP contribution < -0.4 is 0 Å². The molecule has 0 aromatic heterocycles. The quantitative estimate of drug-likeness (QED) is 0.877. The maximum absolute atomic E-state index is 13.2. The Balaban J connectivity index is 2.22. The zero-order valence-electron chi connectivity index (χ0n) is 9.70. The fourth-order valence-corrected chi connectivity index (χ4v) is 2.15. The molecule has 1 fully saturated rings. The van der Waals surface area contributed by atoms with Crippen LogP contribution in [0, 0.1) is 12.7 Å². The van der Waals surface area contributed by atoms with E-state index in [2.05, 4.69) is 0 Å². The van der Waals surface area contributed by atoms with Gasteiger partial charge in [-0.1, -0.05) is 12.1 Å². The van der Waals surface area contributed by atoms with Crippen molar-refractivity contribution < 1.29 is 19.0 Å². The summed E-state index contributed by atoms with van der Waals surface area (Å²) in [6, 6.07) is 4.84. The summed E-state index contributed by atoms with van der Waals surface area (Å²) in [5, 5.41) is 8.73. The van der Waals surface area contributed by atoms with Gasteiger partial charge in [-0.25, -0.2) is 4.39 Å². The van der Waals surface area contributed by atoms with E-state index >= 15 is 0 Å². The molecule has 1 aliphatic heterocycles. The summed E-state index contributed by atoms with van der Waals surface area (Å²) in [5.74, 6) is -1.08. The summed E-state index contributed by atoms with van der Waals surface area (Å²) < 4.78 is 18.8. The molecule has 1 heterocycles. The lowest BCUT2D eigenvalue weighted by atomic mass is 9.82. The number of carboxylic acids is 1. The highest BCUT2D eigenvalue weighted by atomic mass is 19.1. The normalized spacial score (nSPS) is 23.2. The van der Waals surface area contributed by atoms with Crippen molar-refractivity contribution in [1.82, 2.24) is 0 Å². The van der Waals surface area contributed by atoms with E-state index in [9.17, 15) is 9.18 Å². The van der Waals surface area contributed by atoms with Crippen molar-refractivity contribution in [2.24, 2.45) is 0 Å². The Labute approximate surface area is 99.2 Å². The summed E-state index contributed by atoms with van der Waals surface area (Å²) in [4.78, 5) is 10.6. The number of ether oxygens (including phenoxy) is 1. The predicted octanol–water partition coefficient (Wildman–Crippen LogP) is 2.61. The number of aliphatic carboxylic acids is 1. The molecule has 92 valence electrons. The van der Waals surface area contributed by atoms with Crippen molar-refractivity contribution in [2.75, 3.05) is 6.61 Å². The predicted molar refractivity (Wildman–Crippen MR) is 60.3 cm³/mol. The third-order valence-corrected chi connectivity index (χ3v) is 3.31. The van der Waals surface area contributed by atoms with Crippen molar-refractivity contribution >= 4 is 5.97 Å². The molecule has 1 N–H and O–H groups in total. The molecule has 1 aromatic rings. The number of hydrogen-bond donors (Lipinski definition) is 1. The molecule has 0 spiro atoms. The summed E-state index contributed by atoms with van der Waals surface area (Å²) in [5.41, 5.74) is 0.924. The van der Waals surface area contributed by atoms with Gasteiger partial charge in [-0.15, -0.1) is 0 Å². The number of aryl methyl sites for hydroxylation is 1. The number of hydrogen-bond acceptors (Lipinski definition) is 2. The van der Waals surface area contributed by atoms with E-state index in [0.29, 0.717) is 18.6 Å². The Morgan fingerprint density at radius 1 is 1.59 bits per heavy atom. The average molecular weight is 238 g/mol. The van der Waals surface area contributed by atoms with E-state index in [1.165, 1.54) is 6.07 Å². The van der Waals surface area contributed by atoms with Crippen molar-refractivity contribution in [3.05, 3.63) is 35.1 Å². The number of benzene rings is 1. The maximum atomic E-state index is 13.2.